The van der Waals surface area contributed by atoms with E-state index in [9.17, 15) is 13.2 Å². The molecule has 37 heavy (non-hydrogen) atoms. The van der Waals surface area contributed by atoms with Gasteiger partial charge < -0.3 is 9.47 Å². The standard InChI is InChI=1S/C30H29NO5S/c1-20-12-15-27(35-3)24(18-20)30(17-16-26(36-30)22-8-5-4-6-9-22)29(32)19-37(33,34)28-11-7-10-25-23(28)14-13-21(2)31-25/h4-15,18,26H,16-17,19H2,1-3H3/t26-,30+/m1/s1. The summed E-state index contributed by atoms with van der Waals surface area (Å²) in [5, 5.41) is 0.498. The van der Waals surface area contributed by atoms with Crippen LogP contribution in [-0.2, 0) is 25.0 Å². The zero-order valence-corrected chi connectivity index (χ0v) is 21.9. The molecule has 6 nitrogen and oxygen atoms in total. The van der Waals surface area contributed by atoms with Gasteiger partial charge in [-0.1, -0.05) is 48.0 Å². The molecular weight excluding hydrogens is 486 g/mol. The van der Waals surface area contributed by atoms with Gasteiger partial charge in [0.05, 0.1) is 23.6 Å². The van der Waals surface area contributed by atoms with Gasteiger partial charge in [0, 0.05) is 16.6 Å². The molecule has 0 saturated carbocycles. The largest absolute Gasteiger partial charge is 0.496 e. The summed E-state index contributed by atoms with van der Waals surface area (Å²) >= 11 is 0. The van der Waals surface area contributed by atoms with E-state index < -0.39 is 27.0 Å². The predicted molar refractivity (Wildman–Crippen MR) is 142 cm³/mol. The number of aromatic nitrogens is 1. The number of methoxy groups -OCH3 is 1. The summed E-state index contributed by atoms with van der Waals surface area (Å²) in [7, 11) is -2.47. The third-order valence-electron chi connectivity index (χ3n) is 7.00. The first kappa shape index (κ1) is 25.1. The fraction of sp³-hybridized carbons (Fsp3) is 0.267. The quantitative estimate of drug-likeness (QED) is 0.316. The Morgan fingerprint density at radius 3 is 2.57 bits per heavy atom. The number of carbonyl (C=O) groups excluding carboxylic acids is 1. The van der Waals surface area contributed by atoms with Crippen LogP contribution in [-0.4, -0.2) is 32.0 Å². The Labute approximate surface area is 217 Å². The van der Waals surface area contributed by atoms with Crippen LogP contribution in [0.25, 0.3) is 10.9 Å². The third-order valence-corrected chi connectivity index (χ3v) is 8.67. The minimum atomic E-state index is -4.00. The molecule has 7 heteroatoms. The lowest BCUT2D eigenvalue weighted by molar-refractivity contribution is -0.142. The lowest BCUT2D eigenvalue weighted by Crippen LogP contribution is -2.40. The van der Waals surface area contributed by atoms with Gasteiger partial charge in [-0.3, -0.25) is 9.78 Å². The van der Waals surface area contributed by atoms with E-state index in [-0.39, 0.29) is 11.0 Å². The molecule has 0 unspecified atom stereocenters. The molecule has 0 spiro atoms. The van der Waals surface area contributed by atoms with Crippen molar-refractivity contribution >= 4 is 26.5 Å². The number of carbonyl (C=O) groups is 1. The minimum absolute atomic E-state index is 0.0924. The van der Waals surface area contributed by atoms with Crippen molar-refractivity contribution in [3.05, 3.63) is 101 Å². The van der Waals surface area contributed by atoms with Gasteiger partial charge in [-0.15, -0.1) is 0 Å². The van der Waals surface area contributed by atoms with Crippen LogP contribution in [0.1, 0.15) is 41.3 Å². The van der Waals surface area contributed by atoms with Gasteiger partial charge in [0.2, 0.25) is 0 Å². The zero-order chi connectivity index (χ0) is 26.2. The molecule has 1 aliphatic heterocycles. The Bertz CT molecular complexity index is 1580. The van der Waals surface area contributed by atoms with Gasteiger partial charge in [0.25, 0.3) is 0 Å². The summed E-state index contributed by atoms with van der Waals surface area (Å²) in [5.41, 5.74) is 2.34. The number of ketones is 1. The van der Waals surface area contributed by atoms with E-state index in [1.54, 1.807) is 30.3 Å². The third kappa shape index (κ3) is 4.65. The van der Waals surface area contributed by atoms with Crippen LogP contribution < -0.4 is 4.74 Å². The fourth-order valence-electron chi connectivity index (χ4n) is 5.16. The Balaban J connectivity index is 1.58. The zero-order valence-electron chi connectivity index (χ0n) is 21.1. The van der Waals surface area contributed by atoms with Crippen molar-refractivity contribution in [1.29, 1.82) is 0 Å². The maximum Gasteiger partial charge on any atom is 0.186 e. The van der Waals surface area contributed by atoms with Crippen LogP contribution in [0.4, 0.5) is 0 Å². The topological polar surface area (TPSA) is 82.6 Å². The second-order valence-electron chi connectivity index (χ2n) is 9.54. The minimum Gasteiger partial charge on any atom is -0.496 e. The Kier molecular flexibility index (Phi) is 6.60. The van der Waals surface area contributed by atoms with Gasteiger partial charge in [-0.05, 0) is 68.7 Å². The van der Waals surface area contributed by atoms with Crippen molar-refractivity contribution in [2.75, 3.05) is 12.9 Å². The van der Waals surface area contributed by atoms with Crippen molar-refractivity contribution in [3.63, 3.8) is 0 Å². The van der Waals surface area contributed by atoms with Crippen LogP contribution in [0.5, 0.6) is 5.75 Å². The number of hydrogen-bond acceptors (Lipinski definition) is 6. The van der Waals surface area contributed by atoms with Crippen molar-refractivity contribution in [2.45, 2.75) is 43.3 Å². The monoisotopic (exact) mass is 515 g/mol. The van der Waals surface area contributed by atoms with E-state index in [0.717, 1.165) is 16.8 Å². The van der Waals surface area contributed by atoms with Gasteiger partial charge in [-0.2, -0.15) is 0 Å². The number of nitrogens with zero attached hydrogens (tertiary/aromatic N) is 1. The van der Waals surface area contributed by atoms with Crippen molar-refractivity contribution in [1.82, 2.24) is 4.98 Å². The smallest absolute Gasteiger partial charge is 0.186 e. The molecule has 1 aromatic heterocycles. The van der Waals surface area contributed by atoms with E-state index in [0.29, 0.717) is 35.1 Å². The Hall–Kier alpha value is -3.55. The van der Waals surface area contributed by atoms with E-state index in [1.807, 2.05) is 56.3 Å². The van der Waals surface area contributed by atoms with Crippen LogP contribution in [0, 0.1) is 13.8 Å². The van der Waals surface area contributed by atoms with E-state index in [1.165, 1.54) is 13.2 Å². The van der Waals surface area contributed by atoms with Gasteiger partial charge in [0.1, 0.15) is 11.5 Å². The Morgan fingerprint density at radius 2 is 1.81 bits per heavy atom. The lowest BCUT2D eigenvalue weighted by atomic mass is 9.85. The SMILES string of the molecule is COc1ccc(C)cc1[C@]1(C(=O)CS(=O)(=O)c2cccc3nc(C)ccc23)CC[C@H](c2ccccc2)O1. The average molecular weight is 516 g/mol. The number of pyridine rings is 1. The summed E-state index contributed by atoms with van der Waals surface area (Å²) in [6, 6.07) is 23.7. The maximum absolute atomic E-state index is 14.1. The number of benzene rings is 3. The first-order valence-corrected chi connectivity index (χ1v) is 13.9. The molecule has 0 aliphatic carbocycles. The van der Waals surface area contributed by atoms with E-state index in [4.69, 9.17) is 9.47 Å². The van der Waals surface area contributed by atoms with Crippen molar-refractivity contribution in [2.24, 2.45) is 0 Å². The van der Waals surface area contributed by atoms with Crippen LogP contribution in [0.3, 0.4) is 0 Å². The van der Waals surface area contributed by atoms with Crippen LogP contribution >= 0.6 is 0 Å². The molecule has 0 radical (unpaired) electrons. The summed E-state index contributed by atoms with van der Waals surface area (Å²) in [4.78, 5) is 18.7. The number of aryl methyl sites for hydroxylation is 2. The number of rotatable bonds is 7. The summed E-state index contributed by atoms with van der Waals surface area (Å²) in [6.45, 7) is 3.77. The highest BCUT2D eigenvalue weighted by molar-refractivity contribution is 7.92. The molecule has 0 amide bonds. The normalized spacial score (nSPS) is 19.7. The molecular formula is C30H29NO5S. The first-order chi connectivity index (χ1) is 17.7. The lowest BCUT2D eigenvalue weighted by Gasteiger charge is -2.30. The van der Waals surface area contributed by atoms with Crippen molar-refractivity contribution < 1.29 is 22.7 Å². The summed E-state index contributed by atoms with van der Waals surface area (Å²) in [5.74, 6) is -0.708. The number of ether oxygens (including phenoxy) is 2. The first-order valence-electron chi connectivity index (χ1n) is 12.2. The molecule has 1 saturated heterocycles. The summed E-state index contributed by atoms with van der Waals surface area (Å²) in [6.07, 6.45) is 0.573. The molecule has 1 aliphatic rings. The molecule has 2 heterocycles. The maximum atomic E-state index is 14.1. The highest BCUT2D eigenvalue weighted by Crippen LogP contribution is 2.49. The van der Waals surface area contributed by atoms with Gasteiger partial charge in [0.15, 0.2) is 21.2 Å². The second kappa shape index (κ2) is 9.72. The molecule has 1 fully saturated rings. The van der Waals surface area contributed by atoms with E-state index >= 15 is 0 Å². The molecule has 3 aromatic carbocycles. The van der Waals surface area contributed by atoms with Crippen LogP contribution in [0.2, 0.25) is 0 Å². The van der Waals surface area contributed by atoms with Crippen LogP contribution in [0.15, 0.2) is 83.8 Å². The molecule has 0 N–H and O–H groups in total. The molecule has 190 valence electrons. The van der Waals surface area contributed by atoms with Crippen molar-refractivity contribution in [3.8, 4) is 5.75 Å². The molecule has 0 bridgehead atoms. The predicted octanol–water partition coefficient (Wildman–Crippen LogP) is 5.65. The average Bonchev–Trinajstić information content (AvgIpc) is 3.35. The van der Waals surface area contributed by atoms with Gasteiger partial charge >= 0.3 is 0 Å². The summed E-state index contributed by atoms with van der Waals surface area (Å²) < 4.78 is 39.6. The Morgan fingerprint density at radius 1 is 1.03 bits per heavy atom. The number of fused-ring (bicyclic) bond motifs is 1. The highest BCUT2D eigenvalue weighted by Gasteiger charge is 2.50. The van der Waals surface area contributed by atoms with E-state index in [2.05, 4.69) is 4.98 Å². The molecule has 2 atom stereocenters. The number of Topliss-reactive ketones (excluding diaryl/α,β-unsaturated/α-hetero) is 1. The number of sulfone groups is 1. The fourth-order valence-corrected chi connectivity index (χ4v) is 6.68. The molecule has 4 aromatic rings. The molecule has 5 rings (SSSR count). The second-order valence-corrected chi connectivity index (χ2v) is 11.5. The van der Waals surface area contributed by atoms with Gasteiger partial charge in [-0.25, -0.2) is 8.42 Å². The highest BCUT2D eigenvalue weighted by atomic mass is 32.2. The number of hydrogen-bond donors (Lipinski definition) is 0.